The van der Waals surface area contributed by atoms with Crippen LogP contribution in [0.3, 0.4) is 0 Å². The van der Waals surface area contributed by atoms with Gasteiger partial charge in [0, 0.05) is 19.1 Å². The maximum absolute atomic E-state index is 12.2. The van der Waals surface area contributed by atoms with Crippen LogP contribution in [0.25, 0.3) is 0 Å². The van der Waals surface area contributed by atoms with E-state index in [1.807, 2.05) is 0 Å². The molecule has 2 rings (SSSR count). The molecule has 6 nitrogen and oxygen atoms in total. The number of hydrogen-bond acceptors (Lipinski definition) is 4. The van der Waals surface area contributed by atoms with Crippen LogP contribution < -0.4 is 4.72 Å². The van der Waals surface area contributed by atoms with Gasteiger partial charge in [0.15, 0.2) is 0 Å². The molecule has 112 valence electrons. The Balaban J connectivity index is 1.92. The lowest BCUT2D eigenvalue weighted by Crippen LogP contribution is -2.46. The summed E-state index contributed by atoms with van der Waals surface area (Å²) in [6.07, 6.45) is 2.57. The lowest BCUT2D eigenvalue weighted by Gasteiger charge is -2.32. The van der Waals surface area contributed by atoms with Gasteiger partial charge in [-0.3, -0.25) is 4.79 Å². The van der Waals surface area contributed by atoms with Crippen molar-refractivity contribution in [1.82, 2.24) is 9.62 Å². The molecule has 20 heavy (non-hydrogen) atoms. The summed E-state index contributed by atoms with van der Waals surface area (Å²) < 4.78 is 30.5. The van der Waals surface area contributed by atoms with E-state index in [4.69, 9.17) is 16.0 Å². The fraction of sp³-hybridized carbons (Fsp3) is 0.583. The molecule has 1 aliphatic rings. The summed E-state index contributed by atoms with van der Waals surface area (Å²) in [4.78, 5) is 13.8. The highest BCUT2D eigenvalue weighted by atomic mass is 35.5. The number of carbonyl (C=O) groups is 1. The number of nitrogens with one attached hydrogen (secondary N) is 1. The van der Waals surface area contributed by atoms with Crippen molar-refractivity contribution in [3.05, 3.63) is 23.1 Å². The molecule has 1 amide bonds. The topological polar surface area (TPSA) is 79.6 Å². The number of nitrogens with zero attached hydrogens (tertiary/aromatic N) is 1. The van der Waals surface area contributed by atoms with Gasteiger partial charge >= 0.3 is 0 Å². The lowest BCUT2D eigenvalue weighted by molar-refractivity contribution is 0.0711. The van der Waals surface area contributed by atoms with E-state index in [-0.39, 0.29) is 22.9 Å². The normalized spacial score (nSPS) is 17.4. The van der Waals surface area contributed by atoms with E-state index >= 15 is 0 Å². The van der Waals surface area contributed by atoms with Gasteiger partial charge in [0.25, 0.3) is 5.91 Å². The number of sulfonamides is 1. The molecule has 0 spiro atoms. The number of hydrogen-bond donors (Lipinski definition) is 1. The third-order valence-electron chi connectivity index (χ3n) is 3.36. The SMILES string of the molecule is CCS(=O)(=O)NC1CCN(C(=O)c2ccoc2Cl)CC1. The van der Waals surface area contributed by atoms with Crippen LogP contribution in [0.15, 0.2) is 16.7 Å². The first-order chi connectivity index (χ1) is 9.43. The van der Waals surface area contributed by atoms with Gasteiger partial charge in [-0.15, -0.1) is 0 Å². The van der Waals surface area contributed by atoms with Gasteiger partial charge < -0.3 is 9.32 Å². The molecule has 0 bridgehead atoms. The predicted molar refractivity (Wildman–Crippen MR) is 75.2 cm³/mol. The summed E-state index contributed by atoms with van der Waals surface area (Å²) in [5.41, 5.74) is 0.347. The summed E-state index contributed by atoms with van der Waals surface area (Å²) in [6.45, 7) is 2.59. The quantitative estimate of drug-likeness (QED) is 0.911. The molecule has 1 aromatic heterocycles. The van der Waals surface area contributed by atoms with E-state index in [0.717, 1.165) is 0 Å². The van der Waals surface area contributed by atoms with Crippen LogP contribution in [0.1, 0.15) is 30.1 Å². The summed E-state index contributed by atoms with van der Waals surface area (Å²) in [5.74, 6) is -0.114. The molecule has 8 heteroatoms. The second-order valence-electron chi connectivity index (χ2n) is 4.70. The predicted octanol–water partition coefficient (Wildman–Crippen LogP) is 1.48. The zero-order valence-corrected chi connectivity index (χ0v) is 12.7. The number of furan rings is 1. The van der Waals surface area contributed by atoms with Crippen molar-refractivity contribution in [2.45, 2.75) is 25.8 Å². The standard InChI is InChI=1S/C12H17ClN2O4S/c1-2-20(17,18)14-9-3-6-15(7-4-9)12(16)10-5-8-19-11(10)13/h5,8-9,14H,2-4,6-7H2,1H3. The fourth-order valence-electron chi connectivity index (χ4n) is 2.15. The van der Waals surface area contributed by atoms with E-state index in [1.165, 1.54) is 12.3 Å². The Morgan fingerprint density at radius 1 is 1.50 bits per heavy atom. The van der Waals surface area contributed by atoms with Gasteiger partial charge in [-0.1, -0.05) is 0 Å². The van der Waals surface area contributed by atoms with Crippen molar-refractivity contribution in [2.24, 2.45) is 0 Å². The van der Waals surface area contributed by atoms with Gasteiger partial charge in [-0.05, 0) is 37.4 Å². The van der Waals surface area contributed by atoms with E-state index in [1.54, 1.807) is 11.8 Å². The van der Waals surface area contributed by atoms with Crippen LogP contribution >= 0.6 is 11.6 Å². The fourth-order valence-corrected chi connectivity index (χ4v) is 3.26. The van der Waals surface area contributed by atoms with E-state index < -0.39 is 10.0 Å². The molecule has 1 fully saturated rings. The molecule has 1 N–H and O–H groups in total. The summed E-state index contributed by atoms with van der Waals surface area (Å²) in [7, 11) is -3.20. The molecule has 2 heterocycles. The number of carbonyl (C=O) groups excluding carboxylic acids is 1. The van der Waals surface area contributed by atoms with E-state index in [9.17, 15) is 13.2 Å². The van der Waals surface area contributed by atoms with Crippen molar-refractivity contribution in [1.29, 1.82) is 0 Å². The first kappa shape index (κ1) is 15.3. The molecular weight excluding hydrogens is 304 g/mol. The molecular formula is C12H17ClN2O4S. The van der Waals surface area contributed by atoms with Crippen molar-refractivity contribution in [3.63, 3.8) is 0 Å². The molecule has 1 aromatic rings. The van der Waals surface area contributed by atoms with Crippen molar-refractivity contribution in [2.75, 3.05) is 18.8 Å². The third kappa shape index (κ3) is 3.53. The smallest absolute Gasteiger partial charge is 0.258 e. The number of piperidine rings is 1. The molecule has 0 saturated carbocycles. The number of halogens is 1. The molecule has 0 atom stereocenters. The Hall–Kier alpha value is -1.05. The molecule has 0 unspecified atom stereocenters. The molecule has 0 aromatic carbocycles. The maximum Gasteiger partial charge on any atom is 0.258 e. The van der Waals surface area contributed by atoms with Crippen molar-refractivity contribution < 1.29 is 17.6 Å². The molecule has 0 aliphatic carbocycles. The molecule has 1 saturated heterocycles. The lowest BCUT2D eigenvalue weighted by atomic mass is 10.1. The van der Waals surface area contributed by atoms with Crippen LogP contribution in [0, 0.1) is 0 Å². The van der Waals surface area contributed by atoms with Gasteiger partial charge in [0.2, 0.25) is 15.2 Å². The summed E-state index contributed by atoms with van der Waals surface area (Å²) in [5, 5.41) is 0.0869. The Morgan fingerprint density at radius 2 is 2.15 bits per heavy atom. The van der Waals surface area contributed by atoms with Gasteiger partial charge in [-0.25, -0.2) is 13.1 Å². The number of amides is 1. The first-order valence-electron chi connectivity index (χ1n) is 6.45. The van der Waals surface area contributed by atoms with Crippen LogP contribution in [-0.2, 0) is 10.0 Å². The van der Waals surface area contributed by atoms with E-state index in [2.05, 4.69) is 4.72 Å². The van der Waals surface area contributed by atoms with Gasteiger partial charge in [0.1, 0.15) is 0 Å². The zero-order valence-electron chi connectivity index (χ0n) is 11.1. The van der Waals surface area contributed by atoms with Crippen LogP contribution in [0.4, 0.5) is 0 Å². The minimum Gasteiger partial charge on any atom is -0.452 e. The maximum atomic E-state index is 12.2. The molecule has 1 aliphatic heterocycles. The Kier molecular flexibility index (Phi) is 4.72. The average Bonchev–Trinajstić information content (AvgIpc) is 2.85. The highest BCUT2D eigenvalue weighted by Crippen LogP contribution is 2.21. The average molecular weight is 321 g/mol. The first-order valence-corrected chi connectivity index (χ1v) is 8.48. The number of rotatable bonds is 4. The van der Waals surface area contributed by atoms with Crippen LogP contribution in [0.2, 0.25) is 5.22 Å². The summed E-state index contributed by atoms with van der Waals surface area (Å²) >= 11 is 5.78. The summed E-state index contributed by atoms with van der Waals surface area (Å²) in [6, 6.07) is 1.43. The Labute approximate surface area is 123 Å². The highest BCUT2D eigenvalue weighted by molar-refractivity contribution is 7.89. The largest absolute Gasteiger partial charge is 0.452 e. The van der Waals surface area contributed by atoms with Gasteiger partial charge in [-0.2, -0.15) is 0 Å². The monoisotopic (exact) mass is 320 g/mol. The third-order valence-corrected chi connectivity index (χ3v) is 5.10. The Bertz CT molecular complexity index is 576. The minimum absolute atomic E-state index is 0.0662. The van der Waals surface area contributed by atoms with Gasteiger partial charge in [0.05, 0.1) is 17.6 Å². The van der Waals surface area contributed by atoms with Crippen molar-refractivity contribution in [3.8, 4) is 0 Å². The number of likely N-dealkylation sites (tertiary alicyclic amines) is 1. The molecule has 0 radical (unpaired) electrons. The van der Waals surface area contributed by atoms with Crippen LogP contribution in [-0.4, -0.2) is 44.1 Å². The second-order valence-corrected chi connectivity index (χ2v) is 7.08. The van der Waals surface area contributed by atoms with Crippen LogP contribution in [0.5, 0.6) is 0 Å². The van der Waals surface area contributed by atoms with Crippen molar-refractivity contribution >= 4 is 27.5 Å². The highest BCUT2D eigenvalue weighted by Gasteiger charge is 2.27. The zero-order chi connectivity index (χ0) is 14.8. The second kappa shape index (κ2) is 6.15. The minimum atomic E-state index is -3.20. The van der Waals surface area contributed by atoms with E-state index in [0.29, 0.717) is 31.5 Å². The Morgan fingerprint density at radius 3 is 2.65 bits per heavy atom.